The van der Waals surface area contributed by atoms with Crippen LogP contribution in [0.25, 0.3) is 5.76 Å². The average molecular weight is 460 g/mol. The van der Waals surface area contributed by atoms with Crippen molar-refractivity contribution >= 4 is 40.7 Å². The Morgan fingerprint density at radius 2 is 1.97 bits per heavy atom. The van der Waals surface area contributed by atoms with Crippen LogP contribution in [0.4, 0.5) is 0 Å². The second-order valence-corrected chi connectivity index (χ2v) is 7.96. The van der Waals surface area contributed by atoms with Gasteiger partial charge < -0.3 is 14.7 Å². The van der Waals surface area contributed by atoms with Gasteiger partial charge in [-0.25, -0.2) is 0 Å². The topological polar surface area (TPSA) is 66.8 Å². The summed E-state index contributed by atoms with van der Waals surface area (Å²) in [6.45, 7) is 6.36. The summed E-state index contributed by atoms with van der Waals surface area (Å²) in [5.41, 5.74) is 0.991. The molecule has 0 radical (unpaired) electrons. The molecule has 7 heteroatoms. The number of hydrogen-bond acceptors (Lipinski definition) is 4. The molecule has 0 bridgehead atoms. The molecular weight excluding hydrogens is 437 g/mol. The van der Waals surface area contributed by atoms with Gasteiger partial charge in [-0.05, 0) is 42.3 Å². The van der Waals surface area contributed by atoms with Gasteiger partial charge in [0.25, 0.3) is 11.7 Å². The zero-order valence-corrected chi connectivity index (χ0v) is 18.6. The molecule has 0 aromatic heterocycles. The van der Waals surface area contributed by atoms with Crippen LogP contribution in [0.3, 0.4) is 0 Å². The number of benzene rings is 2. The minimum atomic E-state index is -0.742. The standard InChI is InChI=1S/C24H23Cl2NO4/c1-3-5-11-27-21(15-7-6-8-17(13-15)31-12-4-2)20(23(29)24(27)30)22(28)16-9-10-18(25)19(26)14-16/h4,6-10,13-14,21,28H,2-3,5,11-12H2,1H3/b22-20-. The maximum Gasteiger partial charge on any atom is 0.295 e. The molecule has 3 rings (SSSR count). The summed E-state index contributed by atoms with van der Waals surface area (Å²) in [5, 5.41) is 11.6. The molecule has 1 aliphatic heterocycles. The first-order chi connectivity index (χ1) is 14.9. The zero-order chi connectivity index (χ0) is 22.5. The number of hydrogen-bond donors (Lipinski definition) is 1. The zero-order valence-electron chi connectivity index (χ0n) is 17.1. The molecule has 0 spiro atoms. The lowest BCUT2D eigenvalue weighted by Gasteiger charge is -2.25. The largest absolute Gasteiger partial charge is 0.507 e. The van der Waals surface area contributed by atoms with E-state index >= 15 is 0 Å². The van der Waals surface area contributed by atoms with Gasteiger partial charge in [0.1, 0.15) is 18.1 Å². The average Bonchev–Trinajstić information content (AvgIpc) is 3.02. The Balaban J connectivity index is 2.15. The van der Waals surface area contributed by atoms with Crippen LogP contribution in [0.15, 0.2) is 60.7 Å². The molecule has 2 aromatic carbocycles. The molecule has 1 aliphatic rings. The first-order valence-electron chi connectivity index (χ1n) is 9.96. The fraction of sp³-hybridized carbons (Fsp3) is 0.250. The molecule has 0 saturated carbocycles. The van der Waals surface area contributed by atoms with Crippen molar-refractivity contribution in [1.82, 2.24) is 4.90 Å². The highest BCUT2D eigenvalue weighted by atomic mass is 35.5. The second kappa shape index (κ2) is 10.0. The number of ether oxygens (including phenoxy) is 1. The van der Waals surface area contributed by atoms with Crippen molar-refractivity contribution < 1.29 is 19.4 Å². The van der Waals surface area contributed by atoms with E-state index in [1.807, 2.05) is 6.92 Å². The van der Waals surface area contributed by atoms with Crippen LogP contribution in [0.1, 0.15) is 36.9 Å². The first kappa shape index (κ1) is 22.9. The molecule has 1 fully saturated rings. The number of halogens is 2. The van der Waals surface area contributed by atoms with E-state index in [9.17, 15) is 14.7 Å². The third kappa shape index (κ3) is 4.78. The summed E-state index contributed by atoms with van der Waals surface area (Å²) < 4.78 is 5.62. The van der Waals surface area contributed by atoms with Crippen LogP contribution in [0.2, 0.25) is 10.0 Å². The molecule has 162 valence electrons. The number of amides is 1. The van der Waals surface area contributed by atoms with Gasteiger partial charge in [-0.15, -0.1) is 0 Å². The van der Waals surface area contributed by atoms with Crippen molar-refractivity contribution in [1.29, 1.82) is 0 Å². The summed E-state index contributed by atoms with van der Waals surface area (Å²) in [6.07, 6.45) is 3.21. The van der Waals surface area contributed by atoms with E-state index in [4.69, 9.17) is 27.9 Å². The van der Waals surface area contributed by atoms with E-state index in [1.54, 1.807) is 36.4 Å². The minimum absolute atomic E-state index is 0.0142. The van der Waals surface area contributed by atoms with Crippen molar-refractivity contribution in [2.45, 2.75) is 25.8 Å². The number of aliphatic hydroxyl groups is 1. The normalized spacial score (nSPS) is 17.8. The molecule has 1 heterocycles. The highest BCUT2D eigenvalue weighted by molar-refractivity contribution is 6.46. The Morgan fingerprint density at radius 1 is 1.19 bits per heavy atom. The molecule has 1 saturated heterocycles. The molecule has 1 amide bonds. The van der Waals surface area contributed by atoms with Gasteiger partial charge >= 0.3 is 0 Å². The van der Waals surface area contributed by atoms with Gasteiger partial charge in [-0.1, -0.05) is 61.3 Å². The molecule has 31 heavy (non-hydrogen) atoms. The summed E-state index contributed by atoms with van der Waals surface area (Å²) in [4.78, 5) is 27.3. The molecule has 1 atom stereocenters. The van der Waals surface area contributed by atoms with Crippen molar-refractivity contribution in [3.05, 3.63) is 81.9 Å². The third-order valence-electron chi connectivity index (χ3n) is 5.03. The Labute approximate surface area is 191 Å². The van der Waals surface area contributed by atoms with Crippen LogP contribution in [-0.4, -0.2) is 34.8 Å². The third-order valence-corrected chi connectivity index (χ3v) is 5.77. The van der Waals surface area contributed by atoms with E-state index in [2.05, 4.69) is 6.58 Å². The van der Waals surface area contributed by atoms with E-state index in [0.717, 1.165) is 12.8 Å². The lowest BCUT2D eigenvalue weighted by Crippen LogP contribution is -2.30. The highest BCUT2D eigenvalue weighted by Crippen LogP contribution is 2.41. The summed E-state index contributed by atoms with van der Waals surface area (Å²) in [5.74, 6) is -1.09. The summed E-state index contributed by atoms with van der Waals surface area (Å²) in [7, 11) is 0. The van der Waals surface area contributed by atoms with E-state index in [-0.39, 0.29) is 16.4 Å². The molecule has 2 aromatic rings. The fourth-order valence-electron chi connectivity index (χ4n) is 3.51. The molecule has 1 unspecified atom stereocenters. The molecule has 0 aliphatic carbocycles. The van der Waals surface area contributed by atoms with Gasteiger partial charge in [0.05, 0.1) is 21.7 Å². The number of ketones is 1. The lowest BCUT2D eigenvalue weighted by atomic mass is 9.95. The maximum atomic E-state index is 13.0. The smallest absolute Gasteiger partial charge is 0.295 e. The van der Waals surface area contributed by atoms with E-state index in [1.165, 1.54) is 17.0 Å². The predicted octanol–water partition coefficient (Wildman–Crippen LogP) is 5.78. The van der Waals surface area contributed by atoms with Gasteiger partial charge in [0.2, 0.25) is 0 Å². The van der Waals surface area contributed by atoms with Crippen LogP contribution >= 0.6 is 23.2 Å². The number of nitrogens with zero attached hydrogens (tertiary/aromatic N) is 1. The maximum absolute atomic E-state index is 13.0. The minimum Gasteiger partial charge on any atom is -0.507 e. The van der Waals surface area contributed by atoms with Crippen molar-refractivity contribution in [2.24, 2.45) is 0 Å². The van der Waals surface area contributed by atoms with Crippen LogP contribution < -0.4 is 4.74 Å². The van der Waals surface area contributed by atoms with Gasteiger partial charge in [0, 0.05) is 12.1 Å². The SMILES string of the molecule is C=CCOc1cccc(C2/C(=C(/O)c3ccc(Cl)c(Cl)c3)C(=O)C(=O)N2CCCC)c1. The van der Waals surface area contributed by atoms with Crippen molar-refractivity contribution in [2.75, 3.05) is 13.2 Å². The molecule has 1 N–H and O–H groups in total. The number of likely N-dealkylation sites (tertiary alicyclic amines) is 1. The molecule has 5 nitrogen and oxygen atoms in total. The van der Waals surface area contributed by atoms with Crippen LogP contribution in [-0.2, 0) is 9.59 Å². The van der Waals surface area contributed by atoms with Gasteiger partial charge in [0.15, 0.2) is 0 Å². The first-order valence-corrected chi connectivity index (χ1v) is 10.7. The number of carbonyl (C=O) groups excluding carboxylic acids is 2. The summed E-state index contributed by atoms with van der Waals surface area (Å²) >= 11 is 12.1. The summed E-state index contributed by atoms with van der Waals surface area (Å²) in [6, 6.07) is 11.0. The van der Waals surface area contributed by atoms with Crippen molar-refractivity contribution in [3.63, 3.8) is 0 Å². The predicted molar refractivity (Wildman–Crippen MR) is 123 cm³/mol. The van der Waals surface area contributed by atoms with E-state index < -0.39 is 17.7 Å². The second-order valence-electron chi connectivity index (χ2n) is 7.15. The number of unbranched alkanes of at least 4 members (excludes halogenated alkanes) is 1. The van der Waals surface area contributed by atoms with Crippen LogP contribution in [0, 0.1) is 0 Å². The lowest BCUT2D eigenvalue weighted by molar-refractivity contribution is -0.139. The highest BCUT2D eigenvalue weighted by Gasteiger charge is 2.45. The number of carbonyl (C=O) groups is 2. The Bertz CT molecular complexity index is 1050. The van der Waals surface area contributed by atoms with Gasteiger partial charge in [-0.2, -0.15) is 0 Å². The van der Waals surface area contributed by atoms with E-state index in [0.29, 0.717) is 35.1 Å². The monoisotopic (exact) mass is 459 g/mol. The van der Waals surface area contributed by atoms with Crippen molar-refractivity contribution in [3.8, 4) is 5.75 Å². The molecular formula is C24H23Cl2NO4. The Hall–Kier alpha value is -2.76. The quantitative estimate of drug-likeness (QED) is 0.235. The number of rotatable bonds is 8. The van der Waals surface area contributed by atoms with Gasteiger partial charge in [-0.3, -0.25) is 9.59 Å². The van der Waals surface area contributed by atoms with Crippen LogP contribution in [0.5, 0.6) is 5.75 Å². The number of aliphatic hydroxyl groups excluding tert-OH is 1. The Kier molecular flexibility index (Phi) is 7.42. The fourth-order valence-corrected chi connectivity index (χ4v) is 3.81. The number of Topliss-reactive ketones (excluding diaryl/α,β-unsaturated/α-hetero) is 1. The Morgan fingerprint density at radius 3 is 2.65 bits per heavy atom.